The van der Waals surface area contributed by atoms with E-state index in [9.17, 15) is 9.59 Å². The number of pyridine rings is 1. The van der Waals surface area contributed by atoms with E-state index in [1.807, 2.05) is 25.2 Å². The lowest BCUT2D eigenvalue weighted by Crippen LogP contribution is -2.28. The number of amides is 1. The molecule has 2 aromatic carbocycles. The summed E-state index contributed by atoms with van der Waals surface area (Å²) in [5.41, 5.74) is 3.56. The van der Waals surface area contributed by atoms with Crippen molar-refractivity contribution in [3.05, 3.63) is 83.6 Å². The van der Waals surface area contributed by atoms with E-state index in [1.54, 1.807) is 30.5 Å². The third-order valence-electron chi connectivity index (χ3n) is 7.14. The first kappa shape index (κ1) is 26.2. The van der Waals surface area contributed by atoms with E-state index in [4.69, 9.17) is 9.84 Å². The molecule has 2 N–H and O–H groups in total. The Bertz CT molecular complexity index is 1210. The maximum atomic E-state index is 12.8. The van der Waals surface area contributed by atoms with Gasteiger partial charge in [-0.05, 0) is 79.5 Å². The summed E-state index contributed by atoms with van der Waals surface area (Å²) >= 11 is 0. The van der Waals surface area contributed by atoms with Crippen LogP contribution in [-0.4, -0.2) is 42.2 Å². The summed E-state index contributed by atoms with van der Waals surface area (Å²) < 4.78 is 5.87. The number of nitrogens with zero attached hydrogens (tertiary/aromatic N) is 2. The van der Waals surface area contributed by atoms with Crippen molar-refractivity contribution in [1.29, 1.82) is 0 Å². The first-order valence-corrected chi connectivity index (χ1v) is 12.9. The van der Waals surface area contributed by atoms with Gasteiger partial charge in [-0.15, -0.1) is 0 Å². The van der Waals surface area contributed by atoms with Crippen molar-refractivity contribution in [2.24, 2.45) is 11.8 Å². The molecule has 194 valence electrons. The Labute approximate surface area is 218 Å². The van der Waals surface area contributed by atoms with Crippen LogP contribution in [0.1, 0.15) is 47.7 Å². The highest BCUT2D eigenvalue weighted by atomic mass is 16.5. The van der Waals surface area contributed by atoms with E-state index in [-0.39, 0.29) is 17.4 Å². The Morgan fingerprint density at radius 3 is 2.68 bits per heavy atom. The quantitative estimate of drug-likeness (QED) is 0.363. The van der Waals surface area contributed by atoms with E-state index < -0.39 is 5.97 Å². The predicted molar refractivity (Wildman–Crippen MR) is 145 cm³/mol. The van der Waals surface area contributed by atoms with Gasteiger partial charge in [0.15, 0.2) is 0 Å². The van der Waals surface area contributed by atoms with E-state index in [1.165, 1.54) is 11.1 Å². The van der Waals surface area contributed by atoms with Crippen molar-refractivity contribution in [3.8, 4) is 5.75 Å². The zero-order valence-corrected chi connectivity index (χ0v) is 21.5. The van der Waals surface area contributed by atoms with Crippen LogP contribution in [0.5, 0.6) is 5.75 Å². The summed E-state index contributed by atoms with van der Waals surface area (Å²) in [5, 5.41) is 12.2. The molecule has 0 saturated carbocycles. The van der Waals surface area contributed by atoms with Gasteiger partial charge in [-0.25, -0.2) is 9.78 Å². The smallest absolute Gasteiger partial charge is 0.335 e. The third-order valence-corrected chi connectivity index (χ3v) is 7.14. The molecule has 0 bridgehead atoms. The van der Waals surface area contributed by atoms with Gasteiger partial charge in [0.25, 0.3) is 0 Å². The zero-order chi connectivity index (χ0) is 26.2. The Morgan fingerprint density at radius 2 is 1.95 bits per heavy atom. The van der Waals surface area contributed by atoms with Gasteiger partial charge in [0.1, 0.15) is 11.6 Å². The number of ether oxygens (including phenoxy) is 1. The fourth-order valence-corrected chi connectivity index (χ4v) is 4.68. The van der Waals surface area contributed by atoms with Crippen LogP contribution in [0.25, 0.3) is 0 Å². The van der Waals surface area contributed by atoms with Gasteiger partial charge in [-0.2, -0.15) is 0 Å². The molecular formula is C30H35N3O4. The molecule has 7 nitrogen and oxygen atoms in total. The number of hydrogen-bond acceptors (Lipinski definition) is 5. The molecule has 0 fully saturated rings. The van der Waals surface area contributed by atoms with E-state index >= 15 is 0 Å². The molecule has 1 aromatic heterocycles. The van der Waals surface area contributed by atoms with Crippen LogP contribution in [0.2, 0.25) is 0 Å². The summed E-state index contributed by atoms with van der Waals surface area (Å²) in [4.78, 5) is 30.6. The van der Waals surface area contributed by atoms with Crippen LogP contribution < -0.4 is 15.0 Å². The average Bonchev–Trinajstić information content (AvgIpc) is 2.93. The SMILES string of the molecule is CCC(CCN(C)c1ccc(NC(=O)C2CCc3ccccc3C2)cn1)COc1cccc(C(=O)O)c1. The summed E-state index contributed by atoms with van der Waals surface area (Å²) in [7, 11) is 2.00. The molecule has 1 aliphatic rings. The Morgan fingerprint density at radius 1 is 1.14 bits per heavy atom. The first-order chi connectivity index (χ1) is 17.9. The van der Waals surface area contributed by atoms with Crippen LogP contribution in [0, 0.1) is 11.8 Å². The van der Waals surface area contributed by atoms with E-state index in [0.717, 1.165) is 44.5 Å². The zero-order valence-electron chi connectivity index (χ0n) is 21.5. The number of fused-ring (bicyclic) bond motifs is 1. The number of anilines is 2. The monoisotopic (exact) mass is 501 g/mol. The van der Waals surface area contributed by atoms with Crippen molar-refractivity contribution in [2.45, 2.75) is 39.0 Å². The van der Waals surface area contributed by atoms with Crippen molar-refractivity contribution in [2.75, 3.05) is 30.4 Å². The minimum Gasteiger partial charge on any atom is -0.493 e. The number of aromatic carboxylic acids is 1. The number of carboxylic acid groups (broad SMARTS) is 1. The molecule has 0 aliphatic heterocycles. The molecule has 4 rings (SSSR count). The highest BCUT2D eigenvalue weighted by Crippen LogP contribution is 2.26. The number of aryl methyl sites for hydroxylation is 1. The second-order valence-corrected chi connectivity index (χ2v) is 9.73. The lowest BCUT2D eigenvalue weighted by molar-refractivity contribution is -0.120. The molecule has 1 amide bonds. The minimum absolute atomic E-state index is 0.0166. The maximum absolute atomic E-state index is 12.8. The van der Waals surface area contributed by atoms with E-state index in [2.05, 4.69) is 40.3 Å². The highest BCUT2D eigenvalue weighted by Gasteiger charge is 2.24. The summed E-state index contributed by atoms with van der Waals surface area (Å²) in [6.45, 7) is 3.46. The van der Waals surface area contributed by atoms with Gasteiger partial charge in [0, 0.05) is 19.5 Å². The minimum atomic E-state index is -0.961. The fraction of sp³-hybridized carbons (Fsp3) is 0.367. The lowest BCUT2D eigenvalue weighted by Gasteiger charge is -2.24. The second-order valence-electron chi connectivity index (χ2n) is 9.73. The summed E-state index contributed by atoms with van der Waals surface area (Å²) in [6.07, 6.45) is 6.17. The van der Waals surface area contributed by atoms with Gasteiger partial charge in [-0.3, -0.25) is 4.79 Å². The van der Waals surface area contributed by atoms with Crippen LogP contribution in [-0.2, 0) is 17.6 Å². The number of nitrogens with one attached hydrogen (secondary N) is 1. The first-order valence-electron chi connectivity index (χ1n) is 12.9. The molecular weight excluding hydrogens is 466 g/mol. The van der Waals surface area contributed by atoms with Crippen molar-refractivity contribution < 1.29 is 19.4 Å². The standard InChI is InChI=1S/C30H35N3O4/c1-3-21(20-37-27-10-6-9-25(18-27)30(35)36)15-16-33(2)28-14-13-26(19-31-28)32-29(34)24-12-11-22-7-4-5-8-23(22)17-24/h4-10,13-14,18-19,21,24H,3,11-12,15-17,20H2,1-2H3,(H,32,34)(H,35,36). The van der Waals surface area contributed by atoms with Crippen molar-refractivity contribution >= 4 is 23.4 Å². The Hall–Kier alpha value is -3.87. The van der Waals surface area contributed by atoms with Gasteiger partial charge < -0.3 is 20.1 Å². The molecule has 2 unspecified atom stereocenters. The van der Waals surface area contributed by atoms with Crippen molar-refractivity contribution in [3.63, 3.8) is 0 Å². The van der Waals surface area contributed by atoms with Gasteiger partial charge in [-0.1, -0.05) is 37.3 Å². The molecule has 0 saturated heterocycles. The number of carboxylic acids is 1. The lowest BCUT2D eigenvalue weighted by atomic mass is 9.83. The van der Waals surface area contributed by atoms with Crippen LogP contribution >= 0.6 is 0 Å². The van der Waals surface area contributed by atoms with Crippen molar-refractivity contribution in [1.82, 2.24) is 4.98 Å². The molecule has 7 heteroatoms. The van der Waals surface area contributed by atoms with Crippen LogP contribution in [0.4, 0.5) is 11.5 Å². The Kier molecular flexibility index (Phi) is 8.77. The largest absolute Gasteiger partial charge is 0.493 e. The topological polar surface area (TPSA) is 91.8 Å². The molecule has 1 aliphatic carbocycles. The molecule has 1 heterocycles. The van der Waals surface area contributed by atoms with Gasteiger partial charge in [0.2, 0.25) is 5.91 Å². The molecule has 0 radical (unpaired) electrons. The number of carbonyl (C=O) groups is 2. The molecule has 3 aromatic rings. The number of benzene rings is 2. The highest BCUT2D eigenvalue weighted by molar-refractivity contribution is 5.92. The van der Waals surface area contributed by atoms with Crippen LogP contribution in [0.3, 0.4) is 0 Å². The third kappa shape index (κ3) is 7.09. The number of aromatic nitrogens is 1. The van der Waals surface area contributed by atoms with Gasteiger partial charge >= 0.3 is 5.97 Å². The fourth-order valence-electron chi connectivity index (χ4n) is 4.68. The van der Waals surface area contributed by atoms with Gasteiger partial charge in [0.05, 0.1) is 24.1 Å². The Balaban J connectivity index is 1.24. The predicted octanol–water partition coefficient (Wildman–Crippen LogP) is 5.45. The summed E-state index contributed by atoms with van der Waals surface area (Å²) in [6, 6.07) is 18.8. The number of rotatable bonds is 11. The molecule has 37 heavy (non-hydrogen) atoms. The molecule has 0 spiro atoms. The normalized spacial score (nSPS) is 15.4. The summed E-state index contributed by atoms with van der Waals surface area (Å²) in [5.74, 6) is 0.819. The average molecular weight is 502 g/mol. The number of carbonyl (C=O) groups excluding carboxylic acids is 1. The van der Waals surface area contributed by atoms with E-state index in [0.29, 0.717) is 24.0 Å². The van der Waals surface area contributed by atoms with Crippen LogP contribution in [0.15, 0.2) is 66.9 Å². The number of hydrogen-bond donors (Lipinski definition) is 2. The molecule has 2 atom stereocenters. The second kappa shape index (κ2) is 12.4. The maximum Gasteiger partial charge on any atom is 0.335 e.